The summed E-state index contributed by atoms with van der Waals surface area (Å²) in [6, 6.07) is 0. The summed E-state index contributed by atoms with van der Waals surface area (Å²) in [7, 11) is 1.67. The summed E-state index contributed by atoms with van der Waals surface area (Å²) >= 11 is 0. The van der Waals surface area contributed by atoms with Crippen molar-refractivity contribution < 1.29 is 4.74 Å². The second-order valence-electron chi connectivity index (χ2n) is 3.33. The molecule has 0 fully saturated rings. The van der Waals surface area contributed by atoms with E-state index in [1.54, 1.807) is 13.3 Å². The van der Waals surface area contributed by atoms with Gasteiger partial charge in [0.15, 0.2) is 0 Å². The number of aromatic nitrogens is 2. The fourth-order valence-electron chi connectivity index (χ4n) is 1.60. The Morgan fingerprint density at radius 3 is 2.57 bits per heavy atom. The topological polar surface area (TPSA) is 35.0 Å². The van der Waals surface area contributed by atoms with Crippen molar-refractivity contribution in [2.24, 2.45) is 0 Å². The Labute approximate surface area is 82.8 Å². The zero-order chi connectivity index (χ0) is 10.1. The van der Waals surface area contributed by atoms with Crippen LogP contribution >= 0.6 is 0 Å². The van der Waals surface area contributed by atoms with Crippen molar-refractivity contribution in [3.63, 3.8) is 0 Å². The van der Waals surface area contributed by atoms with Gasteiger partial charge in [-0.1, -0.05) is 0 Å². The van der Waals surface area contributed by atoms with Crippen molar-refractivity contribution in [1.82, 2.24) is 9.97 Å². The molecule has 0 unspecified atom stereocenters. The average molecular weight is 188 g/mol. The molecule has 0 aliphatic carbocycles. The van der Waals surface area contributed by atoms with Gasteiger partial charge in [-0.05, 0) is 19.4 Å². The first-order valence-corrected chi connectivity index (χ1v) is 4.48. The van der Waals surface area contributed by atoms with Crippen molar-refractivity contribution >= 4 is 10.9 Å². The van der Waals surface area contributed by atoms with Crippen LogP contribution in [0.2, 0.25) is 0 Å². The fourth-order valence-corrected chi connectivity index (χ4v) is 1.60. The van der Waals surface area contributed by atoms with Crippen molar-refractivity contribution in [1.29, 1.82) is 0 Å². The predicted octanol–water partition coefficient (Wildman–Crippen LogP) is 2.26. The Kier molecular flexibility index (Phi) is 2.08. The lowest BCUT2D eigenvalue weighted by Gasteiger charge is -2.08. The molecule has 0 N–H and O–H groups in total. The minimum absolute atomic E-state index is 0.867. The van der Waals surface area contributed by atoms with E-state index in [9.17, 15) is 0 Å². The Hall–Kier alpha value is -1.64. The summed E-state index contributed by atoms with van der Waals surface area (Å²) in [6.07, 6.45) is 5.43. The van der Waals surface area contributed by atoms with Crippen molar-refractivity contribution in [3.8, 4) is 5.75 Å². The van der Waals surface area contributed by atoms with Crippen molar-refractivity contribution in [3.05, 3.63) is 29.7 Å². The first-order chi connectivity index (χ1) is 6.74. The normalized spacial score (nSPS) is 10.5. The maximum absolute atomic E-state index is 5.33. The predicted molar refractivity (Wildman–Crippen MR) is 55.6 cm³/mol. The second-order valence-corrected chi connectivity index (χ2v) is 3.33. The highest BCUT2D eigenvalue weighted by Gasteiger charge is 2.07. The van der Waals surface area contributed by atoms with E-state index in [1.165, 1.54) is 0 Å². The van der Waals surface area contributed by atoms with Gasteiger partial charge in [0.25, 0.3) is 0 Å². The molecule has 0 aliphatic heterocycles. The van der Waals surface area contributed by atoms with Gasteiger partial charge in [0.1, 0.15) is 5.75 Å². The molecule has 0 saturated heterocycles. The van der Waals surface area contributed by atoms with Crippen molar-refractivity contribution in [2.45, 2.75) is 13.8 Å². The van der Waals surface area contributed by atoms with E-state index in [2.05, 4.69) is 9.97 Å². The van der Waals surface area contributed by atoms with Crippen LogP contribution in [0.15, 0.2) is 18.6 Å². The van der Waals surface area contributed by atoms with Gasteiger partial charge < -0.3 is 4.74 Å². The molecular formula is C11H12N2O. The summed E-state index contributed by atoms with van der Waals surface area (Å²) in [5, 5.41) is 0.979. The Balaban J connectivity index is 2.88. The highest BCUT2D eigenvalue weighted by molar-refractivity contribution is 5.87. The molecule has 0 atom stereocenters. The van der Waals surface area contributed by atoms with Crippen LogP contribution in [0.4, 0.5) is 0 Å². The van der Waals surface area contributed by atoms with E-state index in [0.717, 1.165) is 27.8 Å². The van der Waals surface area contributed by atoms with E-state index >= 15 is 0 Å². The van der Waals surface area contributed by atoms with E-state index in [-0.39, 0.29) is 0 Å². The molecule has 2 heterocycles. The smallest absolute Gasteiger partial charge is 0.134 e. The van der Waals surface area contributed by atoms with E-state index < -0.39 is 0 Å². The zero-order valence-electron chi connectivity index (χ0n) is 8.53. The van der Waals surface area contributed by atoms with Crippen LogP contribution in [0.3, 0.4) is 0 Å². The van der Waals surface area contributed by atoms with Gasteiger partial charge in [0.05, 0.1) is 18.0 Å². The van der Waals surface area contributed by atoms with Gasteiger partial charge in [-0.15, -0.1) is 0 Å². The number of pyridine rings is 2. The number of aryl methyl sites for hydroxylation is 2. The summed E-state index contributed by atoms with van der Waals surface area (Å²) in [5.41, 5.74) is 3.07. The van der Waals surface area contributed by atoms with Crippen LogP contribution in [0.1, 0.15) is 11.1 Å². The third-order valence-electron chi connectivity index (χ3n) is 2.29. The Bertz CT molecular complexity index is 480. The molecule has 3 heteroatoms. The number of hydrogen-bond donors (Lipinski definition) is 0. The first-order valence-electron chi connectivity index (χ1n) is 4.48. The third-order valence-corrected chi connectivity index (χ3v) is 2.29. The average Bonchev–Trinajstić information content (AvgIpc) is 2.18. The maximum Gasteiger partial charge on any atom is 0.134 e. The Morgan fingerprint density at radius 2 is 1.86 bits per heavy atom. The lowest BCUT2D eigenvalue weighted by Crippen LogP contribution is -1.93. The van der Waals surface area contributed by atoms with E-state index in [4.69, 9.17) is 4.74 Å². The molecule has 3 nitrogen and oxygen atoms in total. The summed E-state index contributed by atoms with van der Waals surface area (Å²) in [6.45, 7) is 3.98. The largest absolute Gasteiger partial charge is 0.496 e. The highest BCUT2D eigenvalue weighted by atomic mass is 16.5. The maximum atomic E-state index is 5.33. The summed E-state index contributed by atoms with van der Waals surface area (Å²) in [4.78, 5) is 8.51. The SMILES string of the molecule is COc1c(C)cnc2c(C)cncc12. The van der Waals surface area contributed by atoms with Crippen LogP contribution in [0, 0.1) is 13.8 Å². The van der Waals surface area contributed by atoms with Gasteiger partial charge in [-0.3, -0.25) is 9.97 Å². The van der Waals surface area contributed by atoms with Gasteiger partial charge in [0.2, 0.25) is 0 Å². The van der Waals surface area contributed by atoms with E-state index in [1.807, 2.05) is 26.2 Å². The molecule has 0 radical (unpaired) electrons. The van der Waals surface area contributed by atoms with Crippen LogP contribution in [-0.2, 0) is 0 Å². The van der Waals surface area contributed by atoms with Gasteiger partial charge in [-0.25, -0.2) is 0 Å². The number of fused-ring (bicyclic) bond motifs is 1. The number of rotatable bonds is 1. The zero-order valence-corrected chi connectivity index (χ0v) is 8.53. The van der Waals surface area contributed by atoms with Gasteiger partial charge in [-0.2, -0.15) is 0 Å². The molecule has 0 spiro atoms. The molecule has 0 bridgehead atoms. The Morgan fingerprint density at radius 1 is 1.07 bits per heavy atom. The summed E-state index contributed by atoms with van der Waals surface area (Å²) < 4.78 is 5.33. The molecule has 0 amide bonds. The second kappa shape index (κ2) is 3.25. The van der Waals surface area contributed by atoms with Crippen LogP contribution < -0.4 is 4.74 Å². The fraction of sp³-hybridized carbons (Fsp3) is 0.273. The van der Waals surface area contributed by atoms with Crippen LogP contribution in [-0.4, -0.2) is 17.1 Å². The van der Waals surface area contributed by atoms with Crippen molar-refractivity contribution in [2.75, 3.05) is 7.11 Å². The first kappa shape index (κ1) is 8.94. The third kappa shape index (κ3) is 1.21. The molecule has 2 aromatic rings. The molecule has 2 rings (SSSR count). The molecule has 0 saturated carbocycles. The number of nitrogens with zero attached hydrogens (tertiary/aromatic N) is 2. The number of ether oxygens (including phenoxy) is 1. The quantitative estimate of drug-likeness (QED) is 0.688. The lowest BCUT2D eigenvalue weighted by atomic mass is 10.1. The van der Waals surface area contributed by atoms with Crippen LogP contribution in [0.25, 0.3) is 10.9 Å². The summed E-state index contributed by atoms with van der Waals surface area (Å²) in [5.74, 6) is 0.867. The molecule has 2 aromatic heterocycles. The number of hydrogen-bond acceptors (Lipinski definition) is 3. The molecule has 0 aliphatic rings. The molecular weight excluding hydrogens is 176 g/mol. The highest BCUT2D eigenvalue weighted by Crippen LogP contribution is 2.27. The molecule has 72 valence electrons. The molecule has 14 heavy (non-hydrogen) atoms. The van der Waals surface area contributed by atoms with Gasteiger partial charge in [0, 0.05) is 24.2 Å². The standard InChI is InChI=1S/C11H12N2O/c1-7-4-12-6-9-10(7)13-5-8(2)11(9)14-3/h4-6H,1-3H3. The van der Waals surface area contributed by atoms with E-state index in [0.29, 0.717) is 0 Å². The molecule has 0 aromatic carbocycles. The monoisotopic (exact) mass is 188 g/mol. The number of methoxy groups -OCH3 is 1. The minimum Gasteiger partial charge on any atom is -0.496 e. The lowest BCUT2D eigenvalue weighted by molar-refractivity contribution is 0.416. The minimum atomic E-state index is 0.867. The van der Waals surface area contributed by atoms with Crippen LogP contribution in [0.5, 0.6) is 5.75 Å². The van der Waals surface area contributed by atoms with Gasteiger partial charge >= 0.3 is 0 Å².